The third-order valence-electron chi connectivity index (χ3n) is 3.75. The average molecular weight is 261 g/mol. The molecule has 19 heavy (non-hydrogen) atoms. The first-order valence-electron chi connectivity index (χ1n) is 6.90. The Morgan fingerprint density at radius 1 is 1.00 bits per heavy atom. The Kier molecular flexibility index (Phi) is 3.60. The summed E-state index contributed by atoms with van der Waals surface area (Å²) in [6, 6.07) is 5.81. The quantitative estimate of drug-likeness (QED) is 0.803. The number of fused-ring (bicyclic) bond motifs is 1. The number of hydroxylamine groups is 1. The Morgan fingerprint density at radius 2 is 1.74 bits per heavy atom. The maximum atomic E-state index is 9.46. The second-order valence-corrected chi connectivity index (χ2v) is 5.01. The van der Waals surface area contributed by atoms with Crippen molar-refractivity contribution in [1.29, 1.82) is 0 Å². The zero-order chi connectivity index (χ0) is 13.1. The van der Waals surface area contributed by atoms with Gasteiger partial charge in [-0.3, -0.25) is 10.7 Å². The first kappa shape index (κ1) is 12.4. The summed E-state index contributed by atoms with van der Waals surface area (Å²) in [5, 5.41) is 9.46. The zero-order valence-corrected chi connectivity index (χ0v) is 10.9. The summed E-state index contributed by atoms with van der Waals surface area (Å²) in [6.07, 6.45) is 5.79. The molecule has 0 saturated heterocycles. The summed E-state index contributed by atoms with van der Waals surface area (Å²) >= 11 is 0. The fourth-order valence-corrected chi connectivity index (χ4v) is 2.78. The van der Waals surface area contributed by atoms with Crippen LogP contribution < -0.4 is 15.0 Å². The van der Waals surface area contributed by atoms with Crippen molar-refractivity contribution in [3.8, 4) is 11.5 Å². The number of ether oxygens (including phenoxy) is 2. The number of nitrogens with one attached hydrogen (secondary N) is 1. The number of benzene rings is 1. The van der Waals surface area contributed by atoms with E-state index in [1.165, 1.54) is 24.8 Å². The van der Waals surface area contributed by atoms with Gasteiger partial charge < -0.3 is 9.47 Å². The largest absolute Gasteiger partial charge is 0.486 e. The van der Waals surface area contributed by atoms with E-state index in [0.29, 0.717) is 13.2 Å². The first-order valence-corrected chi connectivity index (χ1v) is 6.90. The van der Waals surface area contributed by atoms with Gasteiger partial charge in [-0.05, 0) is 49.5 Å². The molecular formula is C15H19NO3. The standard InChI is InChI=1S/C15H19NO3/c17-16-15(11-4-2-1-3-5-11)12-6-7-13-14(10-12)19-9-8-18-13/h6-7,10,16-17H,1-5,8-9H2. The van der Waals surface area contributed by atoms with Gasteiger partial charge in [-0.15, -0.1) is 0 Å². The number of hydrogen-bond acceptors (Lipinski definition) is 4. The molecule has 1 aliphatic heterocycles. The SMILES string of the molecule is ONC(=C1CCCCC1)c1ccc2c(c1)OCCO2. The molecule has 1 heterocycles. The van der Waals surface area contributed by atoms with Crippen LogP contribution in [0.4, 0.5) is 0 Å². The molecule has 1 fully saturated rings. The van der Waals surface area contributed by atoms with Crippen LogP contribution in [0, 0.1) is 0 Å². The van der Waals surface area contributed by atoms with Crippen LogP contribution in [0.2, 0.25) is 0 Å². The van der Waals surface area contributed by atoms with Crippen LogP contribution >= 0.6 is 0 Å². The van der Waals surface area contributed by atoms with Crippen molar-refractivity contribution in [2.45, 2.75) is 32.1 Å². The average Bonchev–Trinajstić information content (AvgIpc) is 2.49. The fourth-order valence-electron chi connectivity index (χ4n) is 2.78. The highest BCUT2D eigenvalue weighted by atomic mass is 16.6. The summed E-state index contributed by atoms with van der Waals surface area (Å²) in [5.41, 5.74) is 5.47. The predicted molar refractivity (Wildman–Crippen MR) is 72.4 cm³/mol. The van der Waals surface area contributed by atoms with Crippen LogP contribution in [-0.4, -0.2) is 18.4 Å². The highest BCUT2D eigenvalue weighted by molar-refractivity contribution is 5.69. The van der Waals surface area contributed by atoms with Gasteiger partial charge in [0.25, 0.3) is 0 Å². The minimum Gasteiger partial charge on any atom is -0.486 e. The lowest BCUT2D eigenvalue weighted by Gasteiger charge is -2.21. The second kappa shape index (κ2) is 5.53. The molecule has 2 N–H and O–H groups in total. The molecule has 3 rings (SSSR count). The normalized spacial score (nSPS) is 18.1. The molecule has 0 amide bonds. The van der Waals surface area contributed by atoms with Crippen molar-refractivity contribution in [3.63, 3.8) is 0 Å². The van der Waals surface area contributed by atoms with Crippen molar-refractivity contribution >= 4 is 5.70 Å². The molecule has 0 spiro atoms. The Hall–Kier alpha value is -1.68. The lowest BCUT2D eigenvalue weighted by atomic mass is 9.91. The zero-order valence-electron chi connectivity index (χ0n) is 10.9. The van der Waals surface area contributed by atoms with Gasteiger partial charge in [-0.1, -0.05) is 6.42 Å². The summed E-state index contributed by atoms with van der Waals surface area (Å²) in [5.74, 6) is 1.54. The van der Waals surface area contributed by atoms with Gasteiger partial charge in [0.1, 0.15) is 13.2 Å². The summed E-state index contributed by atoms with van der Waals surface area (Å²) < 4.78 is 11.1. The molecule has 0 unspecified atom stereocenters. The predicted octanol–water partition coefficient (Wildman–Crippen LogP) is 3.11. The number of rotatable bonds is 2. The lowest BCUT2D eigenvalue weighted by molar-refractivity contribution is 0.171. The molecular weight excluding hydrogens is 242 g/mol. The minimum absolute atomic E-state index is 0.578. The van der Waals surface area contributed by atoms with E-state index >= 15 is 0 Å². The van der Waals surface area contributed by atoms with Crippen molar-refractivity contribution < 1.29 is 14.7 Å². The van der Waals surface area contributed by atoms with Crippen LogP contribution in [0.25, 0.3) is 5.70 Å². The van der Waals surface area contributed by atoms with Gasteiger partial charge in [0.2, 0.25) is 0 Å². The molecule has 0 atom stereocenters. The number of hydrogen-bond donors (Lipinski definition) is 2. The topological polar surface area (TPSA) is 50.7 Å². The van der Waals surface area contributed by atoms with Crippen LogP contribution in [0.1, 0.15) is 37.7 Å². The van der Waals surface area contributed by atoms with E-state index in [4.69, 9.17) is 9.47 Å². The van der Waals surface area contributed by atoms with E-state index in [2.05, 4.69) is 5.48 Å². The van der Waals surface area contributed by atoms with Gasteiger partial charge in [0.05, 0.1) is 5.70 Å². The Bertz CT molecular complexity index is 488. The third-order valence-corrected chi connectivity index (χ3v) is 3.75. The highest BCUT2D eigenvalue weighted by Gasteiger charge is 2.16. The molecule has 1 aromatic rings. The van der Waals surface area contributed by atoms with E-state index < -0.39 is 0 Å². The maximum Gasteiger partial charge on any atom is 0.162 e. The molecule has 1 saturated carbocycles. The molecule has 102 valence electrons. The van der Waals surface area contributed by atoms with Gasteiger partial charge in [0, 0.05) is 5.56 Å². The molecule has 0 radical (unpaired) electrons. The molecule has 1 aliphatic carbocycles. The van der Waals surface area contributed by atoms with Gasteiger partial charge in [-0.2, -0.15) is 0 Å². The highest BCUT2D eigenvalue weighted by Crippen LogP contribution is 2.35. The molecule has 4 nitrogen and oxygen atoms in total. The van der Waals surface area contributed by atoms with Gasteiger partial charge >= 0.3 is 0 Å². The smallest absolute Gasteiger partial charge is 0.162 e. The molecule has 0 bridgehead atoms. The molecule has 0 aromatic heterocycles. The molecule has 1 aromatic carbocycles. The van der Waals surface area contributed by atoms with E-state index in [1.807, 2.05) is 18.2 Å². The van der Waals surface area contributed by atoms with Crippen LogP contribution in [-0.2, 0) is 0 Å². The maximum absolute atomic E-state index is 9.46. The van der Waals surface area contributed by atoms with Gasteiger partial charge in [0.15, 0.2) is 11.5 Å². The van der Waals surface area contributed by atoms with Crippen LogP contribution in [0.5, 0.6) is 11.5 Å². The first-order chi connectivity index (χ1) is 9.38. The fraction of sp³-hybridized carbons (Fsp3) is 0.467. The van der Waals surface area contributed by atoms with Crippen molar-refractivity contribution in [3.05, 3.63) is 29.3 Å². The van der Waals surface area contributed by atoms with Crippen molar-refractivity contribution in [2.75, 3.05) is 13.2 Å². The monoisotopic (exact) mass is 261 g/mol. The van der Waals surface area contributed by atoms with Gasteiger partial charge in [-0.25, -0.2) is 0 Å². The van der Waals surface area contributed by atoms with E-state index in [9.17, 15) is 5.21 Å². The Labute approximate surface area is 113 Å². The summed E-state index contributed by atoms with van der Waals surface area (Å²) in [6.45, 7) is 1.17. The minimum atomic E-state index is 0.578. The number of allylic oxidation sites excluding steroid dienone is 1. The Morgan fingerprint density at radius 3 is 2.47 bits per heavy atom. The van der Waals surface area contributed by atoms with Crippen molar-refractivity contribution in [1.82, 2.24) is 5.48 Å². The van der Waals surface area contributed by atoms with Crippen molar-refractivity contribution in [2.24, 2.45) is 0 Å². The van der Waals surface area contributed by atoms with Crippen LogP contribution in [0.15, 0.2) is 23.8 Å². The summed E-state index contributed by atoms with van der Waals surface area (Å²) in [7, 11) is 0. The van der Waals surface area contributed by atoms with E-state index in [0.717, 1.165) is 35.6 Å². The van der Waals surface area contributed by atoms with Crippen LogP contribution in [0.3, 0.4) is 0 Å². The third kappa shape index (κ3) is 2.54. The summed E-state index contributed by atoms with van der Waals surface area (Å²) in [4.78, 5) is 0. The lowest BCUT2D eigenvalue weighted by Crippen LogP contribution is -2.16. The molecule has 2 aliphatic rings. The second-order valence-electron chi connectivity index (χ2n) is 5.01. The van der Waals surface area contributed by atoms with E-state index in [-0.39, 0.29) is 0 Å². The molecule has 4 heteroatoms. The Balaban J connectivity index is 1.95. The van der Waals surface area contributed by atoms with E-state index in [1.54, 1.807) is 0 Å².